The maximum Gasteiger partial charge on any atom is 0.330 e. The third-order valence-electron chi connectivity index (χ3n) is 16.8. The van der Waals surface area contributed by atoms with Crippen molar-refractivity contribution in [1.82, 2.24) is 0 Å². The Balaban J connectivity index is 0.933. The van der Waals surface area contributed by atoms with Gasteiger partial charge in [0.1, 0.15) is 104 Å². The Labute approximate surface area is 447 Å². The van der Waals surface area contributed by atoms with E-state index in [0.717, 1.165) is 6.08 Å². The minimum atomic E-state index is -1.94. The van der Waals surface area contributed by atoms with Crippen LogP contribution in [-0.2, 0) is 56.9 Å². The van der Waals surface area contributed by atoms with Crippen LogP contribution in [0.25, 0.3) is 0 Å². The van der Waals surface area contributed by atoms with Crippen LogP contribution in [0.5, 0.6) is 0 Å². The molecule has 0 aromatic carbocycles. The second-order valence-electron chi connectivity index (χ2n) is 21.9. The van der Waals surface area contributed by atoms with Gasteiger partial charge in [0, 0.05) is 25.5 Å². The number of allylic oxidation sites excluding steroid dienone is 1. The molecule has 5 heterocycles. The van der Waals surface area contributed by atoms with Gasteiger partial charge in [-0.05, 0) is 63.2 Å². The molecule has 8 aliphatic rings. The molecule has 3 saturated carbocycles. The first-order chi connectivity index (χ1) is 37.2. The number of carbonyl (C=O) groups is 1. The van der Waals surface area contributed by atoms with E-state index in [1.54, 1.807) is 0 Å². The summed E-state index contributed by atoms with van der Waals surface area (Å²) in [5.41, 5.74) is 0. The van der Waals surface area contributed by atoms with Crippen molar-refractivity contribution in [3.63, 3.8) is 0 Å². The quantitative estimate of drug-likeness (QED) is 0.0475. The van der Waals surface area contributed by atoms with Crippen molar-refractivity contribution in [2.24, 2.45) is 17.8 Å². The summed E-state index contributed by atoms with van der Waals surface area (Å²) >= 11 is 0. The number of rotatable bonds is 17. The summed E-state index contributed by atoms with van der Waals surface area (Å²) in [6, 6.07) is 0. The molecule has 0 aromatic rings. The van der Waals surface area contributed by atoms with E-state index in [1.165, 1.54) is 13.2 Å². The van der Waals surface area contributed by atoms with E-state index < -0.39 is 216 Å². The van der Waals surface area contributed by atoms with Crippen molar-refractivity contribution in [2.45, 2.75) is 236 Å². The number of aliphatic hydroxyl groups is 17. The van der Waals surface area contributed by atoms with Gasteiger partial charge < -0.3 is 139 Å². The molecule has 3 aliphatic carbocycles. The van der Waals surface area contributed by atoms with Crippen LogP contribution in [0.1, 0.15) is 57.8 Å². The molecule has 32 unspecified atom stereocenters. The molecular weight excluding hydrogens is 1050 g/mol. The lowest BCUT2D eigenvalue weighted by atomic mass is 9.72. The minimum absolute atomic E-state index is 0.0177. The third-order valence-corrected chi connectivity index (χ3v) is 16.8. The molecule has 5 aliphatic heterocycles. The molecule has 32 atom stereocenters. The standard InChI is InChI=1S/C49H80O29/c1-68-26-9-18(4-5-21(26)54)44-27(73-49-45(40(64)35(59)30(15-52)76-49)78-48-43(67)38(62)34(58)29(14-51)75-48)12-20-24(70-44)10-19(53)11-25(20)72-47-42(66)39(63)36(60)31(77-47)16-69-32(56)7-3-17-2-6-23(22(55)8-17)71-46-41(65)37(61)33(57)28(13-50)74-46/h3,7,17-31,33-55,57-67H,2,4-6,8-16H2,1H3. The van der Waals surface area contributed by atoms with Crippen LogP contribution in [-0.4, -0.2) is 304 Å². The molecule has 29 heteroatoms. The van der Waals surface area contributed by atoms with Crippen LogP contribution in [0, 0.1) is 17.8 Å². The summed E-state index contributed by atoms with van der Waals surface area (Å²) in [7, 11) is 1.45. The van der Waals surface area contributed by atoms with Gasteiger partial charge in [0.05, 0.1) is 74.8 Å². The van der Waals surface area contributed by atoms with Crippen LogP contribution in [0.3, 0.4) is 0 Å². The lowest BCUT2D eigenvalue weighted by molar-refractivity contribution is -0.380. The van der Waals surface area contributed by atoms with Crippen molar-refractivity contribution in [1.29, 1.82) is 0 Å². The third kappa shape index (κ3) is 13.7. The van der Waals surface area contributed by atoms with E-state index in [0.29, 0.717) is 19.3 Å². The Morgan fingerprint density at radius 3 is 1.58 bits per heavy atom. The fourth-order valence-corrected chi connectivity index (χ4v) is 12.2. The smallest absolute Gasteiger partial charge is 0.330 e. The highest BCUT2D eigenvalue weighted by Gasteiger charge is 2.56. The van der Waals surface area contributed by atoms with Gasteiger partial charge in [-0.1, -0.05) is 6.08 Å². The Morgan fingerprint density at radius 2 is 1.00 bits per heavy atom. The number of methoxy groups -OCH3 is 1. The zero-order chi connectivity index (χ0) is 56.4. The Hall–Kier alpha value is -1.87. The van der Waals surface area contributed by atoms with Crippen LogP contribution in [0.2, 0.25) is 0 Å². The number of ether oxygens (including phenoxy) is 11. The summed E-state index contributed by atoms with van der Waals surface area (Å²) in [6.07, 6.45) is -37.6. The Kier molecular flexibility index (Phi) is 21.7. The molecule has 0 aromatic heterocycles. The van der Waals surface area contributed by atoms with Gasteiger partial charge in [-0.2, -0.15) is 0 Å². The molecule has 8 fully saturated rings. The Bertz CT molecular complexity index is 1910. The summed E-state index contributed by atoms with van der Waals surface area (Å²) in [5, 5.41) is 180. The van der Waals surface area contributed by atoms with Gasteiger partial charge in [0.25, 0.3) is 0 Å². The number of aliphatic hydroxyl groups excluding tert-OH is 17. The van der Waals surface area contributed by atoms with Gasteiger partial charge in [-0.3, -0.25) is 0 Å². The van der Waals surface area contributed by atoms with E-state index in [4.69, 9.17) is 52.1 Å². The molecule has 0 bridgehead atoms. The van der Waals surface area contributed by atoms with Crippen molar-refractivity contribution in [3.8, 4) is 0 Å². The second kappa shape index (κ2) is 27.2. The van der Waals surface area contributed by atoms with Crippen LogP contribution < -0.4 is 0 Å². The van der Waals surface area contributed by atoms with Gasteiger partial charge >= 0.3 is 5.97 Å². The van der Waals surface area contributed by atoms with Crippen molar-refractivity contribution >= 4 is 5.97 Å². The molecule has 0 spiro atoms. The number of fused-ring (bicyclic) bond motifs is 1. The number of hydrogen-bond acceptors (Lipinski definition) is 29. The fraction of sp³-hybridized carbons (Fsp3) is 0.939. The highest BCUT2D eigenvalue weighted by molar-refractivity contribution is 5.81. The van der Waals surface area contributed by atoms with Gasteiger partial charge in [-0.25, -0.2) is 4.79 Å². The summed E-state index contributed by atoms with van der Waals surface area (Å²) in [5.74, 6) is -2.35. The van der Waals surface area contributed by atoms with E-state index in [9.17, 15) is 91.6 Å². The molecule has 5 saturated heterocycles. The topological polar surface area (TPSA) is 463 Å². The van der Waals surface area contributed by atoms with E-state index in [-0.39, 0.29) is 50.4 Å². The predicted molar refractivity (Wildman–Crippen MR) is 251 cm³/mol. The van der Waals surface area contributed by atoms with Gasteiger partial charge in [-0.15, -0.1) is 0 Å². The number of carbonyl (C=O) groups excluding carboxylic acids is 1. The first-order valence-corrected chi connectivity index (χ1v) is 26.8. The maximum atomic E-state index is 13.0. The molecule has 29 nitrogen and oxygen atoms in total. The SMILES string of the molecule is COC1CC(C2OC3CC(O)CC(OC4OC(COC(=O)C=CC5CCC(OC6OC(CO)C(O)C(O)C6O)C(O)C5)C(O)C(O)C4O)C3CC2OC2OC(CO)C(O)C(O)C2OC2OC(CO)C(O)C(O)C2O)CCC1O. The lowest BCUT2D eigenvalue weighted by Crippen LogP contribution is -2.66. The van der Waals surface area contributed by atoms with Gasteiger partial charge in [0.2, 0.25) is 0 Å². The molecule has 0 amide bonds. The predicted octanol–water partition coefficient (Wildman–Crippen LogP) is -8.26. The van der Waals surface area contributed by atoms with Crippen molar-refractivity contribution in [2.75, 3.05) is 33.5 Å². The first kappa shape index (κ1) is 62.2. The monoisotopic (exact) mass is 1130 g/mol. The molecule has 450 valence electrons. The van der Waals surface area contributed by atoms with Crippen LogP contribution in [0.4, 0.5) is 0 Å². The van der Waals surface area contributed by atoms with E-state index >= 15 is 0 Å². The molecular formula is C49H80O29. The number of hydrogen-bond donors (Lipinski definition) is 17. The van der Waals surface area contributed by atoms with Crippen LogP contribution in [0.15, 0.2) is 12.2 Å². The second-order valence-corrected chi connectivity index (χ2v) is 21.9. The maximum absolute atomic E-state index is 13.0. The fourth-order valence-electron chi connectivity index (χ4n) is 12.2. The van der Waals surface area contributed by atoms with Crippen molar-refractivity contribution < 1.29 is 144 Å². The van der Waals surface area contributed by atoms with E-state index in [2.05, 4.69) is 0 Å². The summed E-state index contributed by atoms with van der Waals surface area (Å²) in [6.45, 7) is -2.92. The molecule has 78 heavy (non-hydrogen) atoms. The summed E-state index contributed by atoms with van der Waals surface area (Å²) in [4.78, 5) is 13.0. The zero-order valence-electron chi connectivity index (χ0n) is 42.8. The van der Waals surface area contributed by atoms with Crippen molar-refractivity contribution in [3.05, 3.63) is 12.2 Å². The lowest BCUT2D eigenvalue weighted by Gasteiger charge is -2.53. The highest BCUT2D eigenvalue weighted by atomic mass is 16.8. The Morgan fingerprint density at radius 1 is 0.474 bits per heavy atom. The van der Waals surface area contributed by atoms with Crippen LogP contribution >= 0.6 is 0 Å². The van der Waals surface area contributed by atoms with E-state index in [1.807, 2.05) is 0 Å². The van der Waals surface area contributed by atoms with Gasteiger partial charge in [0.15, 0.2) is 25.2 Å². The summed E-state index contributed by atoms with van der Waals surface area (Å²) < 4.78 is 65.3. The zero-order valence-corrected chi connectivity index (χ0v) is 42.8. The normalized spacial score (nSPS) is 51.5. The molecule has 0 radical (unpaired) electrons. The average molecular weight is 1130 g/mol. The molecule has 8 rings (SSSR count). The largest absolute Gasteiger partial charge is 0.460 e. The highest BCUT2D eigenvalue weighted by Crippen LogP contribution is 2.46. The molecule has 17 N–H and O–H groups in total. The average Bonchev–Trinajstić information content (AvgIpc) is 3.51. The first-order valence-electron chi connectivity index (χ1n) is 26.8. The minimum Gasteiger partial charge on any atom is -0.460 e. The number of esters is 1.